The first-order valence-electron chi connectivity index (χ1n) is 23.6. The van der Waals surface area contributed by atoms with Crippen molar-refractivity contribution in [2.24, 2.45) is 17.6 Å². The SMILES string of the molecule is NC(=O)N(CCCOc1cccc(OCCCNC(=O)NC2CCC(CCN3[C@@H]4CC[C@H]3c3ccccc34)CC2)c1)C1CCC(CCN2[C@@H]3CC[C@H]2c2ccccc23)CC1. The number of nitrogens with one attached hydrogen (secondary N) is 2. The molecule has 0 unspecified atom stereocenters. The predicted octanol–water partition coefficient (Wildman–Crippen LogP) is 9.59. The summed E-state index contributed by atoms with van der Waals surface area (Å²) in [4.78, 5) is 32.6. The van der Waals surface area contributed by atoms with Crippen molar-refractivity contribution in [3.05, 3.63) is 95.1 Å². The Morgan fingerprint density at radius 1 is 0.617 bits per heavy atom. The smallest absolute Gasteiger partial charge is 0.315 e. The summed E-state index contributed by atoms with van der Waals surface area (Å²) in [5.74, 6) is 2.97. The van der Waals surface area contributed by atoms with Crippen LogP contribution in [0, 0.1) is 11.8 Å². The summed E-state index contributed by atoms with van der Waals surface area (Å²) in [5.41, 5.74) is 12.2. The fraction of sp³-hybridized carbons (Fsp3) is 0.600. The molecule has 4 aliphatic heterocycles. The van der Waals surface area contributed by atoms with E-state index in [-0.39, 0.29) is 24.1 Å². The van der Waals surface area contributed by atoms with Crippen LogP contribution in [0.2, 0.25) is 0 Å². The van der Waals surface area contributed by atoms with Gasteiger partial charge in [-0.05, 0) is 162 Å². The number of urea groups is 2. The molecule has 4 amide bonds. The van der Waals surface area contributed by atoms with Gasteiger partial charge < -0.3 is 30.7 Å². The minimum absolute atomic E-state index is 0.0749. The van der Waals surface area contributed by atoms with Crippen molar-refractivity contribution < 1.29 is 19.1 Å². The zero-order valence-corrected chi connectivity index (χ0v) is 35.7. The molecule has 4 fully saturated rings. The number of hydrogen-bond donors (Lipinski definition) is 3. The van der Waals surface area contributed by atoms with Gasteiger partial charge in [0.2, 0.25) is 0 Å². The van der Waals surface area contributed by atoms with Crippen molar-refractivity contribution in [1.29, 1.82) is 0 Å². The van der Waals surface area contributed by atoms with E-state index < -0.39 is 0 Å². The van der Waals surface area contributed by atoms with Gasteiger partial charge in [-0.15, -0.1) is 0 Å². The van der Waals surface area contributed by atoms with E-state index in [1.165, 1.54) is 64.5 Å². The molecule has 2 saturated heterocycles. The van der Waals surface area contributed by atoms with Crippen LogP contribution >= 0.6 is 0 Å². The first kappa shape index (κ1) is 41.1. The number of ether oxygens (including phenoxy) is 2. The molecule has 4 atom stereocenters. The van der Waals surface area contributed by atoms with E-state index in [1.54, 1.807) is 22.3 Å². The Kier molecular flexibility index (Phi) is 13.1. The highest BCUT2D eigenvalue weighted by Crippen LogP contribution is 2.54. The molecule has 322 valence electrons. The molecular weight excluding hydrogens is 749 g/mol. The maximum Gasteiger partial charge on any atom is 0.315 e. The maximum atomic E-state index is 12.7. The molecule has 9 rings (SSSR count). The van der Waals surface area contributed by atoms with Gasteiger partial charge in [-0.1, -0.05) is 54.6 Å². The number of primary amides is 1. The average Bonchev–Trinajstić information content (AvgIpc) is 4.04. The number of carbonyl (C=O) groups excluding carboxylic acids is 2. The van der Waals surface area contributed by atoms with E-state index >= 15 is 0 Å². The molecule has 4 N–H and O–H groups in total. The van der Waals surface area contributed by atoms with Gasteiger partial charge in [0.05, 0.1) is 13.2 Å². The Morgan fingerprint density at radius 3 is 1.60 bits per heavy atom. The molecule has 0 radical (unpaired) electrons. The summed E-state index contributed by atoms with van der Waals surface area (Å²) < 4.78 is 12.1. The number of fused-ring (bicyclic) bond motifs is 10. The van der Waals surface area contributed by atoms with Gasteiger partial charge in [-0.2, -0.15) is 0 Å². The topological polar surface area (TPSA) is 112 Å². The van der Waals surface area contributed by atoms with Crippen molar-refractivity contribution in [2.75, 3.05) is 39.4 Å². The van der Waals surface area contributed by atoms with Crippen LogP contribution in [0.1, 0.15) is 149 Å². The summed E-state index contributed by atoms with van der Waals surface area (Å²) in [6, 6.07) is 28.4. The Morgan fingerprint density at radius 2 is 1.10 bits per heavy atom. The zero-order valence-electron chi connectivity index (χ0n) is 35.7. The molecule has 0 spiro atoms. The number of benzene rings is 3. The van der Waals surface area contributed by atoms with E-state index in [2.05, 4.69) is 69.0 Å². The fourth-order valence-electron chi connectivity index (χ4n) is 12.2. The number of nitrogens with two attached hydrogens (primary N) is 1. The van der Waals surface area contributed by atoms with E-state index in [4.69, 9.17) is 15.2 Å². The van der Waals surface area contributed by atoms with Crippen LogP contribution in [0.5, 0.6) is 11.5 Å². The first-order chi connectivity index (χ1) is 29.5. The quantitative estimate of drug-likeness (QED) is 0.110. The zero-order chi connectivity index (χ0) is 40.8. The molecule has 10 nitrogen and oxygen atoms in total. The summed E-state index contributed by atoms with van der Waals surface area (Å²) in [5, 5.41) is 6.25. The average molecular weight is 817 g/mol. The second kappa shape index (κ2) is 19.2. The Labute approximate surface area is 357 Å². The largest absolute Gasteiger partial charge is 0.493 e. The van der Waals surface area contributed by atoms with Gasteiger partial charge >= 0.3 is 12.1 Å². The minimum atomic E-state index is -0.323. The second-order valence-electron chi connectivity index (χ2n) is 18.7. The lowest BCUT2D eigenvalue weighted by atomic mass is 9.83. The van der Waals surface area contributed by atoms with E-state index in [9.17, 15) is 9.59 Å². The molecule has 6 aliphatic rings. The first-order valence-corrected chi connectivity index (χ1v) is 23.6. The molecule has 4 bridgehead atoms. The van der Waals surface area contributed by atoms with Crippen LogP contribution in [0.25, 0.3) is 0 Å². The van der Waals surface area contributed by atoms with Crippen LogP contribution in [0.15, 0.2) is 72.8 Å². The molecule has 4 heterocycles. The van der Waals surface area contributed by atoms with Crippen molar-refractivity contribution in [1.82, 2.24) is 25.3 Å². The number of rotatable bonds is 18. The number of hydrogen-bond acceptors (Lipinski definition) is 6. The highest BCUT2D eigenvalue weighted by molar-refractivity contribution is 5.74. The summed E-state index contributed by atoms with van der Waals surface area (Å²) in [6.45, 7) is 4.54. The molecule has 60 heavy (non-hydrogen) atoms. The summed E-state index contributed by atoms with van der Waals surface area (Å²) in [7, 11) is 0. The lowest BCUT2D eigenvalue weighted by molar-refractivity contribution is 0.133. The van der Waals surface area contributed by atoms with Crippen LogP contribution in [0.4, 0.5) is 9.59 Å². The van der Waals surface area contributed by atoms with Crippen LogP contribution in [-0.4, -0.2) is 78.2 Å². The highest BCUT2D eigenvalue weighted by Gasteiger charge is 2.44. The third-order valence-electron chi connectivity index (χ3n) is 15.3. The summed E-state index contributed by atoms with van der Waals surface area (Å²) in [6.07, 6.45) is 18.0. The number of amides is 4. The Bertz CT molecular complexity index is 1850. The van der Waals surface area contributed by atoms with E-state index in [1.807, 2.05) is 29.2 Å². The van der Waals surface area contributed by atoms with E-state index in [0.29, 0.717) is 56.9 Å². The normalized spacial score (nSPS) is 27.9. The van der Waals surface area contributed by atoms with Crippen molar-refractivity contribution in [3.63, 3.8) is 0 Å². The third kappa shape index (κ3) is 9.30. The lowest BCUT2D eigenvalue weighted by Gasteiger charge is -2.36. The van der Waals surface area contributed by atoms with Crippen LogP contribution in [-0.2, 0) is 0 Å². The molecule has 2 saturated carbocycles. The van der Waals surface area contributed by atoms with E-state index in [0.717, 1.165) is 68.3 Å². The second-order valence-corrected chi connectivity index (χ2v) is 18.7. The third-order valence-corrected chi connectivity index (χ3v) is 15.3. The Balaban J connectivity index is 0.607. The highest BCUT2D eigenvalue weighted by atomic mass is 16.5. The van der Waals surface area contributed by atoms with Crippen LogP contribution in [0.3, 0.4) is 0 Å². The molecule has 3 aromatic carbocycles. The van der Waals surface area contributed by atoms with Gasteiger partial charge in [0.25, 0.3) is 0 Å². The van der Waals surface area contributed by atoms with Crippen molar-refractivity contribution in [3.8, 4) is 11.5 Å². The van der Waals surface area contributed by atoms with Gasteiger partial charge in [-0.25, -0.2) is 9.59 Å². The van der Waals surface area contributed by atoms with Gasteiger partial charge in [-0.3, -0.25) is 9.80 Å². The molecule has 0 aromatic heterocycles. The van der Waals surface area contributed by atoms with Gasteiger partial charge in [0, 0.05) is 55.4 Å². The van der Waals surface area contributed by atoms with Crippen molar-refractivity contribution >= 4 is 12.1 Å². The lowest BCUT2D eigenvalue weighted by Crippen LogP contribution is -2.46. The number of carbonyl (C=O) groups is 2. The van der Waals surface area contributed by atoms with Gasteiger partial charge in [0.1, 0.15) is 11.5 Å². The predicted molar refractivity (Wildman–Crippen MR) is 236 cm³/mol. The standard InChI is InChI=1S/C50H68N6O4/c51-49(57)54(38-20-16-36(17-21-38)27-31-56-47-24-25-48(56)44-13-4-3-12-43(44)47)29-7-33-60-40-9-5-8-39(34-40)59-32-6-28-52-50(58)53-37-18-14-35(15-19-37)26-30-55-45-22-23-46(55)42-11-2-1-10-41(42)45/h1-5,8-13,34-38,45-48H,6-7,14-33H2,(H2,51,57)(H2,52,53,58)/t35?,36?,37?,38?,45-,46+,47-,48+. The fourth-order valence-corrected chi connectivity index (χ4v) is 12.2. The maximum absolute atomic E-state index is 12.7. The molecule has 3 aromatic rings. The van der Waals surface area contributed by atoms with Crippen molar-refractivity contribution in [2.45, 2.75) is 139 Å². The van der Waals surface area contributed by atoms with Gasteiger partial charge in [0.15, 0.2) is 0 Å². The monoisotopic (exact) mass is 817 g/mol. The number of nitrogens with zero attached hydrogens (tertiary/aromatic N) is 3. The minimum Gasteiger partial charge on any atom is -0.493 e. The summed E-state index contributed by atoms with van der Waals surface area (Å²) >= 11 is 0. The molecule has 10 heteroatoms. The van der Waals surface area contributed by atoms with Crippen LogP contribution < -0.4 is 25.8 Å². The molecule has 2 aliphatic carbocycles. The Hall–Kier alpha value is -4.28. The molecular formula is C50H68N6O4.